The van der Waals surface area contributed by atoms with Gasteiger partial charge in [0.2, 0.25) is 5.95 Å². The number of rotatable bonds is 0. The number of hydrogen-bond acceptors (Lipinski definition) is 4. The molecular formula is C6H7N4NaS. The molecule has 0 saturated carbocycles. The van der Waals surface area contributed by atoms with Crippen LogP contribution in [0.4, 0.5) is 5.95 Å². The molecule has 1 aromatic heterocycles. The summed E-state index contributed by atoms with van der Waals surface area (Å²) in [5.74, 6) is 0.745. The van der Waals surface area contributed by atoms with Gasteiger partial charge in [-0.1, -0.05) is 0 Å². The second-order valence-corrected chi connectivity index (χ2v) is 2.79. The van der Waals surface area contributed by atoms with Crippen LogP contribution in [0.15, 0.2) is 16.9 Å². The molecule has 1 aliphatic heterocycles. The Morgan fingerprint density at radius 1 is 1.58 bits per heavy atom. The molecule has 0 fully saturated rings. The van der Waals surface area contributed by atoms with E-state index in [1.54, 1.807) is 0 Å². The van der Waals surface area contributed by atoms with Crippen molar-refractivity contribution in [2.24, 2.45) is 0 Å². The summed E-state index contributed by atoms with van der Waals surface area (Å²) >= 11 is 4.93. The molecule has 2 rings (SSSR count). The van der Waals surface area contributed by atoms with Crippen molar-refractivity contribution in [3.05, 3.63) is 11.8 Å². The summed E-state index contributed by atoms with van der Waals surface area (Å²) in [5, 5.41) is 11.2. The van der Waals surface area contributed by atoms with E-state index in [2.05, 4.69) is 15.5 Å². The zero-order valence-electron chi connectivity index (χ0n) is 7.03. The molecule has 0 radical (unpaired) electrons. The molecule has 12 heavy (non-hydrogen) atoms. The van der Waals surface area contributed by atoms with Crippen LogP contribution in [0.25, 0.3) is 0 Å². The number of nitrogens with zero attached hydrogens (tertiary/aromatic N) is 3. The Morgan fingerprint density at radius 2 is 2.33 bits per heavy atom. The predicted octanol–water partition coefficient (Wildman–Crippen LogP) is -2.48. The monoisotopic (exact) mass is 190 g/mol. The van der Waals surface area contributed by atoms with Crippen LogP contribution in [-0.2, 0) is 19.2 Å². The van der Waals surface area contributed by atoms with Crippen LogP contribution < -0.4 is 34.9 Å². The Hall–Kier alpha value is -0.100. The van der Waals surface area contributed by atoms with Crippen molar-refractivity contribution in [3.63, 3.8) is 0 Å². The molecule has 58 valence electrons. The Bertz CT molecular complexity index is 319. The van der Waals surface area contributed by atoms with Crippen LogP contribution in [0.5, 0.6) is 0 Å². The maximum Gasteiger partial charge on any atom is 1.00 e. The summed E-state index contributed by atoms with van der Waals surface area (Å²) in [6, 6.07) is 0. The van der Waals surface area contributed by atoms with Crippen molar-refractivity contribution >= 4 is 18.6 Å². The van der Waals surface area contributed by atoms with Gasteiger partial charge in [0.15, 0.2) is 0 Å². The number of nitrogens with one attached hydrogen (secondary N) is 1. The first-order valence-electron chi connectivity index (χ1n) is 3.31. The molecule has 2 heterocycles. The Labute approximate surface area is 98.1 Å². The van der Waals surface area contributed by atoms with Crippen LogP contribution in [0.1, 0.15) is 6.92 Å². The summed E-state index contributed by atoms with van der Waals surface area (Å²) in [5.41, 5.74) is 1.10. The van der Waals surface area contributed by atoms with Gasteiger partial charge in [0.25, 0.3) is 0 Å². The molecule has 0 aliphatic carbocycles. The third-order valence-corrected chi connectivity index (χ3v) is 1.91. The molecule has 0 amide bonds. The van der Waals surface area contributed by atoms with Gasteiger partial charge in [-0.3, -0.25) is 0 Å². The third kappa shape index (κ3) is 1.64. The number of hydrogen-bond donors (Lipinski definition) is 1. The molecule has 0 spiro atoms. The standard InChI is InChI=1S/C6H8N4S.Na/c1-4-2-3-10-5(7-4)8-9-6(10)11;/h2H,3H2,1H3,(H,7,8)(H,9,11);/q;+1/p-1. The van der Waals surface area contributed by atoms with E-state index in [4.69, 9.17) is 12.6 Å². The zero-order chi connectivity index (χ0) is 7.84. The molecule has 0 aromatic carbocycles. The molecule has 1 aliphatic rings. The predicted molar refractivity (Wildman–Crippen MR) is 43.0 cm³/mol. The average molecular weight is 190 g/mol. The van der Waals surface area contributed by atoms with Gasteiger partial charge in [-0.2, -0.15) is 5.10 Å². The molecule has 0 atom stereocenters. The van der Waals surface area contributed by atoms with Crippen molar-refractivity contribution in [3.8, 4) is 0 Å². The minimum Gasteiger partial charge on any atom is -0.740 e. The molecule has 1 N–H and O–H groups in total. The van der Waals surface area contributed by atoms with Crippen LogP contribution >= 0.6 is 0 Å². The Balaban J connectivity index is 0.000000720. The van der Waals surface area contributed by atoms with Crippen LogP contribution in [0, 0.1) is 0 Å². The van der Waals surface area contributed by atoms with E-state index in [0.717, 1.165) is 18.2 Å². The van der Waals surface area contributed by atoms with Gasteiger partial charge in [-0.15, -0.1) is 5.10 Å². The smallest absolute Gasteiger partial charge is 0.740 e. The first kappa shape index (κ1) is 9.98. The summed E-state index contributed by atoms with van der Waals surface area (Å²) < 4.78 is 1.85. The Kier molecular flexibility index (Phi) is 3.11. The van der Waals surface area contributed by atoms with E-state index < -0.39 is 0 Å². The first-order valence-corrected chi connectivity index (χ1v) is 3.72. The molecular weight excluding hydrogens is 183 g/mol. The second-order valence-electron chi connectivity index (χ2n) is 2.43. The van der Waals surface area contributed by atoms with Gasteiger partial charge < -0.3 is 22.5 Å². The third-order valence-electron chi connectivity index (χ3n) is 1.61. The fourth-order valence-electron chi connectivity index (χ4n) is 1.00. The van der Waals surface area contributed by atoms with E-state index in [0.29, 0.717) is 5.16 Å². The van der Waals surface area contributed by atoms with E-state index in [9.17, 15) is 0 Å². The van der Waals surface area contributed by atoms with Gasteiger partial charge in [0.1, 0.15) is 0 Å². The summed E-state index contributed by atoms with van der Waals surface area (Å²) in [4.78, 5) is 0. The van der Waals surface area contributed by atoms with Gasteiger partial charge in [0, 0.05) is 17.4 Å². The zero-order valence-corrected chi connectivity index (χ0v) is 9.85. The van der Waals surface area contributed by atoms with Crippen LogP contribution in [0.2, 0.25) is 0 Å². The normalized spacial score (nSPS) is 13.9. The molecule has 0 unspecified atom stereocenters. The number of aromatic nitrogens is 3. The van der Waals surface area contributed by atoms with Gasteiger partial charge in [-0.05, 0) is 13.0 Å². The summed E-state index contributed by atoms with van der Waals surface area (Å²) in [6.07, 6.45) is 2.05. The van der Waals surface area contributed by atoms with E-state index in [1.807, 2.05) is 17.6 Å². The minimum atomic E-state index is 0. The Morgan fingerprint density at radius 3 is 3.08 bits per heavy atom. The largest absolute Gasteiger partial charge is 1.00 e. The number of anilines is 1. The second kappa shape index (κ2) is 3.74. The molecule has 1 aromatic rings. The number of allylic oxidation sites excluding steroid dienone is 2. The minimum absolute atomic E-state index is 0. The summed E-state index contributed by atoms with van der Waals surface area (Å²) in [7, 11) is 0. The van der Waals surface area contributed by atoms with Crippen molar-refractivity contribution in [2.75, 3.05) is 5.32 Å². The topological polar surface area (TPSA) is 42.7 Å². The molecule has 0 bridgehead atoms. The van der Waals surface area contributed by atoms with Crippen LogP contribution in [0.3, 0.4) is 0 Å². The SMILES string of the molecule is CC1=CCn2c([S-])nnc2N1.[Na+]. The quantitative estimate of drug-likeness (QED) is 0.363. The summed E-state index contributed by atoms with van der Waals surface area (Å²) in [6.45, 7) is 2.77. The van der Waals surface area contributed by atoms with E-state index >= 15 is 0 Å². The first-order chi connectivity index (χ1) is 5.27. The fraction of sp³-hybridized carbons (Fsp3) is 0.333. The van der Waals surface area contributed by atoms with E-state index in [1.165, 1.54) is 0 Å². The average Bonchev–Trinajstić information content (AvgIpc) is 2.32. The van der Waals surface area contributed by atoms with Crippen molar-refractivity contribution in [2.45, 2.75) is 18.6 Å². The van der Waals surface area contributed by atoms with Gasteiger partial charge >= 0.3 is 29.6 Å². The molecule has 4 nitrogen and oxygen atoms in total. The van der Waals surface area contributed by atoms with Gasteiger partial charge in [0.05, 0.1) is 0 Å². The maximum absolute atomic E-state index is 4.93. The molecule has 6 heteroatoms. The van der Waals surface area contributed by atoms with Crippen molar-refractivity contribution in [1.82, 2.24) is 14.8 Å². The maximum atomic E-state index is 4.93. The van der Waals surface area contributed by atoms with Crippen molar-refractivity contribution in [1.29, 1.82) is 0 Å². The number of fused-ring (bicyclic) bond motifs is 1. The fourth-order valence-corrected chi connectivity index (χ4v) is 1.20. The van der Waals surface area contributed by atoms with Crippen molar-refractivity contribution < 1.29 is 29.6 Å². The molecule has 0 saturated heterocycles. The van der Waals surface area contributed by atoms with Crippen LogP contribution in [-0.4, -0.2) is 14.8 Å². The van der Waals surface area contributed by atoms with E-state index in [-0.39, 0.29) is 29.6 Å². The van der Waals surface area contributed by atoms with Gasteiger partial charge in [-0.25, -0.2) is 0 Å².